The number of hydrogen-bond donors (Lipinski definition) is 2. The van der Waals surface area contributed by atoms with E-state index in [4.69, 9.17) is 17.3 Å². The number of halogens is 1. The monoisotopic (exact) mass is 361 g/mol. The summed E-state index contributed by atoms with van der Waals surface area (Å²) in [6.07, 6.45) is 3.34. The SMILES string of the molecule is CC(C(N)=O)(c1ccc(Cl)cn1)N1CCC[C@@H](c2ccc(=O)[nH]n2)C1. The second-order valence-corrected chi connectivity index (χ2v) is 6.87. The molecule has 25 heavy (non-hydrogen) atoms. The normalized spacial score (nSPS) is 20.8. The van der Waals surface area contributed by atoms with Crippen molar-refractivity contribution in [3.05, 3.63) is 57.2 Å². The second-order valence-electron chi connectivity index (χ2n) is 6.43. The van der Waals surface area contributed by atoms with Crippen molar-refractivity contribution in [1.29, 1.82) is 0 Å². The lowest BCUT2D eigenvalue weighted by Gasteiger charge is -2.43. The molecule has 2 aromatic rings. The standard InChI is InChI=1S/C17H20ClN5O2/c1-17(16(19)25,14-6-4-12(18)9-20-14)23-8-2-3-11(10-23)13-5-7-15(24)22-21-13/h4-7,9,11H,2-3,8,10H2,1H3,(H2,19,25)(H,22,24)/t11-,17?/m1/s1. The van der Waals surface area contributed by atoms with E-state index in [1.165, 1.54) is 12.3 Å². The molecule has 0 radical (unpaired) electrons. The van der Waals surface area contributed by atoms with Crippen LogP contribution in [0.1, 0.15) is 37.1 Å². The molecule has 0 aromatic carbocycles. The highest BCUT2D eigenvalue weighted by Gasteiger charge is 2.43. The third-order valence-electron chi connectivity index (χ3n) is 4.88. The number of aromatic nitrogens is 3. The number of piperidine rings is 1. The Hall–Kier alpha value is -2.25. The molecule has 3 rings (SSSR count). The Labute approximate surface area is 150 Å². The Balaban J connectivity index is 1.91. The van der Waals surface area contributed by atoms with Gasteiger partial charge in [0.1, 0.15) is 5.54 Å². The van der Waals surface area contributed by atoms with Crippen molar-refractivity contribution in [2.45, 2.75) is 31.2 Å². The van der Waals surface area contributed by atoms with E-state index >= 15 is 0 Å². The molecular weight excluding hydrogens is 342 g/mol. The third kappa shape index (κ3) is 3.43. The molecule has 0 aliphatic carbocycles. The van der Waals surface area contributed by atoms with Gasteiger partial charge in [-0.25, -0.2) is 5.10 Å². The van der Waals surface area contributed by atoms with Gasteiger partial charge in [0.25, 0.3) is 5.56 Å². The molecule has 1 amide bonds. The number of primary amides is 1. The van der Waals surface area contributed by atoms with Crippen molar-refractivity contribution in [3.63, 3.8) is 0 Å². The number of likely N-dealkylation sites (tertiary alicyclic amines) is 1. The summed E-state index contributed by atoms with van der Waals surface area (Å²) < 4.78 is 0. The number of nitrogens with one attached hydrogen (secondary N) is 1. The summed E-state index contributed by atoms with van der Waals surface area (Å²) in [7, 11) is 0. The van der Waals surface area contributed by atoms with Crippen LogP contribution in [0.15, 0.2) is 35.3 Å². The number of H-pyrrole nitrogens is 1. The van der Waals surface area contributed by atoms with Gasteiger partial charge in [0.2, 0.25) is 5.91 Å². The van der Waals surface area contributed by atoms with Crippen LogP contribution in [0.2, 0.25) is 5.02 Å². The van der Waals surface area contributed by atoms with Crippen LogP contribution in [0, 0.1) is 0 Å². The van der Waals surface area contributed by atoms with Gasteiger partial charge < -0.3 is 5.73 Å². The molecule has 7 nitrogen and oxygen atoms in total. The minimum atomic E-state index is -1.04. The summed E-state index contributed by atoms with van der Waals surface area (Å²) in [5.41, 5.74) is 5.86. The summed E-state index contributed by atoms with van der Waals surface area (Å²) in [4.78, 5) is 29.9. The molecule has 1 saturated heterocycles. The van der Waals surface area contributed by atoms with Gasteiger partial charge in [-0.2, -0.15) is 5.10 Å². The van der Waals surface area contributed by atoms with Gasteiger partial charge in [-0.15, -0.1) is 0 Å². The Morgan fingerprint density at radius 2 is 2.20 bits per heavy atom. The van der Waals surface area contributed by atoms with Gasteiger partial charge in [-0.1, -0.05) is 11.6 Å². The largest absolute Gasteiger partial charge is 0.368 e. The van der Waals surface area contributed by atoms with Gasteiger partial charge in [0, 0.05) is 24.7 Å². The maximum Gasteiger partial charge on any atom is 0.264 e. The summed E-state index contributed by atoms with van der Waals surface area (Å²) in [6.45, 7) is 3.11. The number of rotatable bonds is 4. The molecule has 0 bridgehead atoms. The van der Waals surface area contributed by atoms with Gasteiger partial charge in [0.05, 0.1) is 16.4 Å². The van der Waals surface area contributed by atoms with E-state index in [9.17, 15) is 9.59 Å². The molecular formula is C17H20ClN5O2. The fraction of sp³-hybridized carbons (Fsp3) is 0.412. The Kier molecular flexibility index (Phi) is 4.87. The summed E-state index contributed by atoms with van der Waals surface area (Å²) in [6, 6.07) is 6.63. The van der Waals surface area contributed by atoms with E-state index in [2.05, 4.69) is 15.2 Å². The van der Waals surface area contributed by atoms with Crippen LogP contribution in [0.5, 0.6) is 0 Å². The topological polar surface area (TPSA) is 105 Å². The molecule has 3 heterocycles. The summed E-state index contributed by atoms with van der Waals surface area (Å²) >= 11 is 5.91. The first-order chi connectivity index (χ1) is 11.9. The highest BCUT2D eigenvalue weighted by atomic mass is 35.5. The van der Waals surface area contributed by atoms with E-state index < -0.39 is 11.4 Å². The molecule has 0 spiro atoms. The summed E-state index contributed by atoms with van der Waals surface area (Å²) in [5.74, 6) is -0.353. The van der Waals surface area contributed by atoms with Crippen molar-refractivity contribution in [2.24, 2.45) is 5.73 Å². The zero-order chi connectivity index (χ0) is 18.0. The minimum absolute atomic E-state index is 0.108. The maximum atomic E-state index is 12.3. The first kappa shape index (κ1) is 17.6. The molecule has 1 fully saturated rings. The van der Waals surface area contributed by atoms with Crippen LogP contribution in [-0.4, -0.2) is 39.1 Å². The highest BCUT2D eigenvalue weighted by Crippen LogP contribution is 2.34. The number of amides is 1. The fourth-order valence-electron chi connectivity index (χ4n) is 3.32. The predicted molar refractivity (Wildman–Crippen MR) is 94.2 cm³/mol. The van der Waals surface area contributed by atoms with Crippen LogP contribution in [-0.2, 0) is 10.3 Å². The summed E-state index contributed by atoms with van der Waals surface area (Å²) in [5, 5.41) is 7.11. The van der Waals surface area contributed by atoms with Gasteiger partial charge in [-0.3, -0.25) is 19.5 Å². The Morgan fingerprint density at radius 3 is 2.80 bits per heavy atom. The number of carbonyl (C=O) groups is 1. The van der Waals surface area contributed by atoms with E-state index in [0.29, 0.717) is 17.3 Å². The van der Waals surface area contributed by atoms with Crippen LogP contribution < -0.4 is 11.3 Å². The molecule has 1 unspecified atom stereocenters. The van der Waals surface area contributed by atoms with Crippen molar-refractivity contribution < 1.29 is 4.79 Å². The zero-order valence-corrected chi connectivity index (χ0v) is 14.7. The van der Waals surface area contributed by atoms with Crippen molar-refractivity contribution in [3.8, 4) is 0 Å². The lowest BCUT2D eigenvalue weighted by Crippen LogP contribution is -2.56. The first-order valence-electron chi connectivity index (χ1n) is 8.14. The second kappa shape index (κ2) is 6.93. The molecule has 132 valence electrons. The smallest absolute Gasteiger partial charge is 0.264 e. The molecule has 3 N–H and O–H groups in total. The molecule has 1 aliphatic heterocycles. The van der Waals surface area contributed by atoms with E-state index in [1.807, 2.05) is 4.90 Å². The van der Waals surface area contributed by atoms with Crippen LogP contribution in [0.25, 0.3) is 0 Å². The lowest BCUT2D eigenvalue weighted by atomic mass is 9.87. The van der Waals surface area contributed by atoms with Crippen molar-refractivity contribution >= 4 is 17.5 Å². The lowest BCUT2D eigenvalue weighted by molar-refractivity contribution is -0.131. The number of hydrogen-bond acceptors (Lipinski definition) is 5. The molecule has 2 aromatic heterocycles. The highest BCUT2D eigenvalue weighted by molar-refractivity contribution is 6.30. The number of aromatic amines is 1. The van der Waals surface area contributed by atoms with Crippen LogP contribution in [0.3, 0.4) is 0 Å². The molecule has 0 saturated carbocycles. The maximum absolute atomic E-state index is 12.3. The van der Waals surface area contributed by atoms with Crippen LogP contribution in [0.4, 0.5) is 0 Å². The van der Waals surface area contributed by atoms with Gasteiger partial charge >= 0.3 is 0 Å². The van der Waals surface area contributed by atoms with E-state index in [-0.39, 0.29) is 11.5 Å². The van der Waals surface area contributed by atoms with Gasteiger partial charge in [0.15, 0.2) is 0 Å². The quantitative estimate of drug-likeness (QED) is 0.856. The third-order valence-corrected chi connectivity index (χ3v) is 5.10. The predicted octanol–water partition coefficient (Wildman–Crippen LogP) is 1.40. The zero-order valence-electron chi connectivity index (χ0n) is 13.9. The average Bonchev–Trinajstić information content (AvgIpc) is 2.62. The number of nitrogens with zero attached hydrogens (tertiary/aromatic N) is 3. The number of carbonyl (C=O) groups excluding carboxylic acids is 1. The number of pyridine rings is 1. The van der Waals surface area contributed by atoms with Gasteiger partial charge in [-0.05, 0) is 44.5 Å². The molecule has 2 atom stereocenters. The minimum Gasteiger partial charge on any atom is -0.368 e. The molecule has 1 aliphatic rings. The van der Waals surface area contributed by atoms with E-state index in [1.54, 1.807) is 25.1 Å². The average molecular weight is 362 g/mol. The van der Waals surface area contributed by atoms with E-state index in [0.717, 1.165) is 25.1 Å². The van der Waals surface area contributed by atoms with Crippen LogP contribution >= 0.6 is 11.6 Å². The Bertz CT molecular complexity index is 802. The van der Waals surface area contributed by atoms with Crippen molar-refractivity contribution in [2.75, 3.05) is 13.1 Å². The molecule has 8 heteroatoms. The van der Waals surface area contributed by atoms with Crippen molar-refractivity contribution in [1.82, 2.24) is 20.1 Å². The first-order valence-corrected chi connectivity index (χ1v) is 8.51. The fourth-order valence-corrected chi connectivity index (χ4v) is 3.43. The Morgan fingerprint density at radius 1 is 1.40 bits per heavy atom. The number of nitrogens with two attached hydrogens (primary N) is 1.